The van der Waals surface area contributed by atoms with Crippen LogP contribution in [0.5, 0.6) is 0 Å². The van der Waals surface area contributed by atoms with Gasteiger partial charge in [-0.15, -0.1) is 0 Å². The second-order valence-corrected chi connectivity index (χ2v) is 3.29. The van der Waals surface area contributed by atoms with Gasteiger partial charge in [0.1, 0.15) is 5.52 Å². The van der Waals surface area contributed by atoms with Crippen LogP contribution in [0.3, 0.4) is 0 Å². The summed E-state index contributed by atoms with van der Waals surface area (Å²) in [4.78, 5) is 29.6. The molecule has 9 heteroatoms. The molecule has 0 aliphatic carbocycles. The summed E-state index contributed by atoms with van der Waals surface area (Å²) in [7, 11) is 0. The normalized spacial score (nSPS) is 12.2. The molecule has 0 fully saturated rings. The Kier molecular flexibility index (Phi) is 2.33. The van der Waals surface area contributed by atoms with Gasteiger partial charge >= 0.3 is 11.9 Å². The molecule has 2 N–H and O–H groups in total. The highest BCUT2D eigenvalue weighted by atomic mass is 19.4. The summed E-state index contributed by atoms with van der Waals surface area (Å²) in [6.07, 6.45) is -4.69. The molecule has 0 unspecified atom stereocenters. The third-order valence-corrected chi connectivity index (χ3v) is 2.22. The monoisotopic (exact) mass is 248 g/mol. The Morgan fingerprint density at radius 2 is 1.94 bits per heavy atom. The summed E-state index contributed by atoms with van der Waals surface area (Å²) in [5.74, 6) is -1.30. The Bertz CT molecular complexity index is 679. The van der Waals surface area contributed by atoms with E-state index in [1.807, 2.05) is 9.97 Å². The summed E-state index contributed by atoms with van der Waals surface area (Å²) >= 11 is 0. The number of H-pyrrole nitrogens is 2. The van der Waals surface area contributed by atoms with Gasteiger partial charge in [0, 0.05) is 6.54 Å². The molecule has 2 aromatic rings. The van der Waals surface area contributed by atoms with Crippen molar-refractivity contribution in [3.05, 3.63) is 26.7 Å². The first-order valence-electron chi connectivity index (χ1n) is 4.64. The van der Waals surface area contributed by atoms with Crippen LogP contribution >= 0.6 is 0 Å². The predicted octanol–water partition coefficient (Wildman–Crippen LogP) is 0.452. The van der Waals surface area contributed by atoms with Gasteiger partial charge in [0.15, 0.2) is 5.65 Å². The van der Waals surface area contributed by atoms with Crippen molar-refractivity contribution in [1.82, 2.24) is 19.5 Å². The average molecular weight is 248 g/mol. The number of halogens is 3. The number of aromatic nitrogens is 4. The van der Waals surface area contributed by atoms with Gasteiger partial charge in [0.05, 0.1) is 0 Å². The zero-order valence-electron chi connectivity index (χ0n) is 8.55. The van der Waals surface area contributed by atoms with Crippen molar-refractivity contribution in [2.24, 2.45) is 0 Å². The van der Waals surface area contributed by atoms with Crippen molar-refractivity contribution in [3.8, 4) is 0 Å². The van der Waals surface area contributed by atoms with Gasteiger partial charge in [-0.1, -0.05) is 0 Å². The van der Waals surface area contributed by atoms with E-state index in [1.165, 1.54) is 0 Å². The Balaban J connectivity index is 2.90. The van der Waals surface area contributed by atoms with E-state index < -0.39 is 23.2 Å². The fraction of sp³-hybridized carbons (Fsp3) is 0.375. The molecule has 0 saturated heterocycles. The molecule has 0 aromatic carbocycles. The van der Waals surface area contributed by atoms with Crippen LogP contribution < -0.4 is 11.2 Å². The first-order valence-corrected chi connectivity index (χ1v) is 4.64. The third-order valence-electron chi connectivity index (χ3n) is 2.22. The van der Waals surface area contributed by atoms with Crippen LogP contribution in [0.2, 0.25) is 0 Å². The molecule has 0 radical (unpaired) electrons. The highest BCUT2D eigenvalue weighted by molar-refractivity contribution is 5.69. The lowest BCUT2D eigenvalue weighted by Gasteiger charge is -2.00. The van der Waals surface area contributed by atoms with E-state index in [4.69, 9.17) is 0 Å². The first-order chi connectivity index (χ1) is 7.84. The van der Waals surface area contributed by atoms with Crippen molar-refractivity contribution in [2.45, 2.75) is 19.6 Å². The number of nitrogens with zero attached hydrogens (tertiary/aromatic N) is 2. The maximum absolute atomic E-state index is 12.4. The lowest BCUT2D eigenvalue weighted by atomic mass is 10.5. The van der Waals surface area contributed by atoms with Gasteiger partial charge in [0.25, 0.3) is 5.56 Å². The SMILES string of the molecule is CCn1c(=O)[nH]c(=O)c2[nH]c(C(F)(F)F)nc21. The average Bonchev–Trinajstić information content (AvgIpc) is 2.62. The van der Waals surface area contributed by atoms with Crippen LogP contribution in [0.25, 0.3) is 11.2 Å². The lowest BCUT2D eigenvalue weighted by molar-refractivity contribution is -0.144. The number of hydrogen-bond acceptors (Lipinski definition) is 3. The fourth-order valence-corrected chi connectivity index (χ4v) is 1.47. The zero-order chi connectivity index (χ0) is 12.8. The number of aromatic amines is 2. The van der Waals surface area contributed by atoms with Crippen LogP contribution in [0, 0.1) is 0 Å². The van der Waals surface area contributed by atoms with Crippen molar-refractivity contribution < 1.29 is 13.2 Å². The van der Waals surface area contributed by atoms with Crippen molar-refractivity contribution in [1.29, 1.82) is 0 Å². The fourth-order valence-electron chi connectivity index (χ4n) is 1.47. The molecular formula is C8H7F3N4O2. The largest absolute Gasteiger partial charge is 0.449 e. The minimum Gasteiger partial charge on any atom is -0.328 e. The molecule has 0 spiro atoms. The molecule has 17 heavy (non-hydrogen) atoms. The number of rotatable bonds is 1. The van der Waals surface area contributed by atoms with E-state index in [-0.39, 0.29) is 17.7 Å². The van der Waals surface area contributed by atoms with E-state index in [9.17, 15) is 22.8 Å². The second-order valence-electron chi connectivity index (χ2n) is 3.29. The van der Waals surface area contributed by atoms with Crippen LogP contribution in [-0.4, -0.2) is 19.5 Å². The van der Waals surface area contributed by atoms with Gasteiger partial charge in [-0.2, -0.15) is 13.2 Å². The number of hydrogen-bond donors (Lipinski definition) is 2. The molecule has 0 saturated carbocycles. The Hall–Kier alpha value is -2.06. The number of imidazole rings is 1. The summed E-state index contributed by atoms with van der Waals surface area (Å²) in [6, 6.07) is 0. The van der Waals surface area contributed by atoms with Crippen LogP contribution in [0.1, 0.15) is 12.7 Å². The van der Waals surface area contributed by atoms with E-state index >= 15 is 0 Å². The van der Waals surface area contributed by atoms with E-state index in [0.717, 1.165) is 4.57 Å². The smallest absolute Gasteiger partial charge is 0.328 e. The second kappa shape index (κ2) is 3.47. The van der Waals surface area contributed by atoms with Crippen molar-refractivity contribution in [2.75, 3.05) is 0 Å². The molecule has 2 heterocycles. The van der Waals surface area contributed by atoms with Crippen LogP contribution in [0.15, 0.2) is 9.59 Å². The summed E-state index contributed by atoms with van der Waals surface area (Å²) in [5, 5.41) is 0. The minimum absolute atomic E-state index is 0.105. The number of fused-ring (bicyclic) bond motifs is 1. The Labute approximate surface area is 91.1 Å². The summed E-state index contributed by atoms with van der Waals surface area (Å²) < 4.78 is 38.1. The number of aryl methyl sites for hydroxylation is 1. The molecule has 6 nitrogen and oxygen atoms in total. The van der Waals surface area contributed by atoms with Gasteiger partial charge in [0.2, 0.25) is 5.82 Å². The van der Waals surface area contributed by atoms with Gasteiger partial charge in [-0.3, -0.25) is 14.3 Å². The molecule has 2 rings (SSSR count). The Morgan fingerprint density at radius 3 is 2.47 bits per heavy atom. The molecule has 0 bridgehead atoms. The highest BCUT2D eigenvalue weighted by Crippen LogP contribution is 2.27. The van der Waals surface area contributed by atoms with Crippen LogP contribution in [-0.2, 0) is 12.7 Å². The highest BCUT2D eigenvalue weighted by Gasteiger charge is 2.35. The molecular weight excluding hydrogens is 241 g/mol. The molecule has 0 aliphatic rings. The number of nitrogens with one attached hydrogen (secondary N) is 2. The van der Waals surface area contributed by atoms with E-state index in [2.05, 4.69) is 4.98 Å². The van der Waals surface area contributed by atoms with Gasteiger partial charge < -0.3 is 4.98 Å². The van der Waals surface area contributed by atoms with Gasteiger partial charge in [-0.05, 0) is 6.92 Å². The van der Waals surface area contributed by atoms with Gasteiger partial charge in [-0.25, -0.2) is 9.78 Å². The summed E-state index contributed by atoms with van der Waals surface area (Å²) in [6.45, 7) is 1.66. The summed E-state index contributed by atoms with van der Waals surface area (Å²) in [5.41, 5.74) is -2.37. The van der Waals surface area contributed by atoms with Crippen molar-refractivity contribution in [3.63, 3.8) is 0 Å². The maximum Gasteiger partial charge on any atom is 0.449 e. The zero-order valence-corrected chi connectivity index (χ0v) is 8.55. The molecule has 0 aliphatic heterocycles. The quantitative estimate of drug-likeness (QED) is 0.768. The topological polar surface area (TPSA) is 83.5 Å². The van der Waals surface area contributed by atoms with Crippen LogP contribution in [0.4, 0.5) is 13.2 Å². The standard InChI is InChI=1S/C8H7F3N4O2/c1-2-15-4-3(5(16)14-7(15)17)12-6(13-4)8(9,10)11/h2H2,1H3,(H,12,13)(H,14,16,17). The Morgan fingerprint density at radius 1 is 1.29 bits per heavy atom. The first kappa shape index (κ1) is 11.4. The van der Waals surface area contributed by atoms with Crippen molar-refractivity contribution >= 4 is 11.2 Å². The maximum atomic E-state index is 12.4. The third kappa shape index (κ3) is 1.73. The van der Waals surface area contributed by atoms with E-state index in [0.29, 0.717) is 0 Å². The lowest BCUT2D eigenvalue weighted by Crippen LogP contribution is -2.29. The molecule has 0 amide bonds. The number of alkyl halides is 3. The molecule has 92 valence electrons. The van der Waals surface area contributed by atoms with E-state index in [1.54, 1.807) is 6.92 Å². The predicted molar refractivity (Wildman–Crippen MR) is 51.7 cm³/mol. The molecule has 2 aromatic heterocycles. The molecule has 0 atom stereocenters. The minimum atomic E-state index is -4.69.